The van der Waals surface area contributed by atoms with Gasteiger partial charge >= 0.3 is 6.09 Å². The van der Waals surface area contributed by atoms with E-state index in [2.05, 4.69) is 10.6 Å². The molecule has 0 aliphatic carbocycles. The largest absolute Gasteiger partial charge is 0.444 e. The van der Waals surface area contributed by atoms with E-state index in [1.165, 1.54) is 0 Å². The molecular formula is C14H22N2O3S. The molecule has 0 saturated carbocycles. The van der Waals surface area contributed by atoms with Crippen LogP contribution in [0.1, 0.15) is 33.3 Å². The normalized spacial score (nSPS) is 12.6. The van der Waals surface area contributed by atoms with Crippen molar-refractivity contribution < 1.29 is 14.3 Å². The lowest BCUT2D eigenvalue weighted by atomic mass is 10.2. The highest BCUT2D eigenvalue weighted by atomic mass is 32.1. The van der Waals surface area contributed by atoms with Crippen molar-refractivity contribution in [2.45, 2.75) is 45.8 Å². The Morgan fingerprint density at radius 2 is 2.10 bits per heavy atom. The van der Waals surface area contributed by atoms with Crippen LogP contribution in [-0.2, 0) is 16.0 Å². The highest BCUT2D eigenvalue weighted by Gasteiger charge is 2.17. The van der Waals surface area contributed by atoms with Crippen LogP contribution in [0.4, 0.5) is 4.79 Å². The first-order chi connectivity index (χ1) is 9.26. The third kappa shape index (κ3) is 7.13. The first kappa shape index (κ1) is 16.5. The molecule has 1 unspecified atom stereocenters. The van der Waals surface area contributed by atoms with Gasteiger partial charge < -0.3 is 15.4 Å². The summed E-state index contributed by atoms with van der Waals surface area (Å²) in [7, 11) is 0. The lowest BCUT2D eigenvalue weighted by molar-refractivity contribution is -0.120. The van der Waals surface area contributed by atoms with Gasteiger partial charge in [0, 0.05) is 12.6 Å². The Labute approximate surface area is 123 Å². The minimum absolute atomic E-state index is 0.0544. The molecule has 5 nitrogen and oxygen atoms in total. The Hall–Kier alpha value is -1.56. The predicted octanol–water partition coefficient (Wildman–Crippen LogP) is 2.32. The summed E-state index contributed by atoms with van der Waals surface area (Å²) in [5.74, 6) is -0.0544. The summed E-state index contributed by atoms with van der Waals surface area (Å²) >= 11 is 1.57. The maximum atomic E-state index is 11.7. The van der Waals surface area contributed by atoms with Crippen molar-refractivity contribution >= 4 is 23.3 Å². The van der Waals surface area contributed by atoms with E-state index < -0.39 is 11.7 Å². The maximum absolute atomic E-state index is 11.7. The highest BCUT2D eigenvalue weighted by molar-refractivity contribution is 7.07. The van der Waals surface area contributed by atoms with Gasteiger partial charge in [0.2, 0.25) is 5.91 Å². The van der Waals surface area contributed by atoms with Gasteiger partial charge in [0.15, 0.2) is 0 Å². The number of hydrogen-bond acceptors (Lipinski definition) is 4. The summed E-state index contributed by atoms with van der Waals surface area (Å²) in [6.07, 6.45) is -0.111. The number of ether oxygens (including phenoxy) is 1. The number of alkyl carbamates (subject to hydrolysis) is 1. The molecule has 0 aromatic carbocycles. The van der Waals surface area contributed by atoms with E-state index in [-0.39, 0.29) is 11.9 Å². The van der Waals surface area contributed by atoms with Crippen LogP contribution in [0.2, 0.25) is 0 Å². The molecular weight excluding hydrogens is 276 g/mol. The van der Waals surface area contributed by atoms with Gasteiger partial charge in [0.05, 0.1) is 6.42 Å². The van der Waals surface area contributed by atoms with Gasteiger partial charge in [-0.3, -0.25) is 4.79 Å². The lowest BCUT2D eigenvalue weighted by Gasteiger charge is -2.22. The number of rotatable bonds is 5. The number of amides is 2. The molecule has 0 spiro atoms. The van der Waals surface area contributed by atoms with Crippen molar-refractivity contribution in [1.29, 1.82) is 0 Å². The van der Waals surface area contributed by atoms with E-state index in [9.17, 15) is 9.59 Å². The SMILES string of the molecule is CC(CNC(=O)Cc1ccsc1)NC(=O)OC(C)(C)C. The van der Waals surface area contributed by atoms with Gasteiger partial charge in [0.1, 0.15) is 5.60 Å². The number of carbonyl (C=O) groups is 2. The molecule has 1 aromatic heterocycles. The van der Waals surface area contributed by atoms with Crippen LogP contribution >= 0.6 is 11.3 Å². The molecule has 1 aromatic rings. The smallest absolute Gasteiger partial charge is 0.407 e. The summed E-state index contributed by atoms with van der Waals surface area (Å²) in [4.78, 5) is 23.2. The summed E-state index contributed by atoms with van der Waals surface area (Å²) in [6.45, 7) is 7.61. The summed E-state index contributed by atoms with van der Waals surface area (Å²) < 4.78 is 5.14. The van der Waals surface area contributed by atoms with E-state index in [1.807, 2.05) is 23.8 Å². The molecule has 20 heavy (non-hydrogen) atoms. The number of carbonyl (C=O) groups excluding carboxylic acids is 2. The second-order valence-electron chi connectivity index (χ2n) is 5.66. The minimum atomic E-state index is -0.522. The topological polar surface area (TPSA) is 67.4 Å². The average molecular weight is 298 g/mol. The maximum Gasteiger partial charge on any atom is 0.407 e. The molecule has 0 bridgehead atoms. The molecule has 1 heterocycles. The van der Waals surface area contributed by atoms with Crippen molar-refractivity contribution in [2.75, 3.05) is 6.54 Å². The monoisotopic (exact) mass is 298 g/mol. The van der Waals surface area contributed by atoms with Crippen LogP contribution in [0.5, 0.6) is 0 Å². The van der Waals surface area contributed by atoms with E-state index in [1.54, 1.807) is 32.1 Å². The zero-order chi connectivity index (χ0) is 15.2. The first-order valence-corrected chi connectivity index (χ1v) is 7.48. The Morgan fingerprint density at radius 1 is 1.40 bits per heavy atom. The molecule has 0 fully saturated rings. The van der Waals surface area contributed by atoms with Crippen LogP contribution in [0.3, 0.4) is 0 Å². The fourth-order valence-corrected chi connectivity index (χ4v) is 2.14. The van der Waals surface area contributed by atoms with Crippen LogP contribution in [0, 0.1) is 0 Å². The Kier molecular flexibility index (Phi) is 6.01. The molecule has 0 radical (unpaired) electrons. The first-order valence-electron chi connectivity index (χ1n) is 6.53. The fraction of sp³-hybridized carbons (Fsp3) is 0.571. The van der Waals surface area contributed by atoms with Gasteiger partial charge in [-0.15, -0.1) is 0 Å². The zero-order valence-corrected chi connectivity index (χ0v) is 13.2. The van der Waals surface area contributed by atoms with Crippen LogP contribution < -0.4 is 10.6 Å². The Bertz CT molecular complexity index is 438. The van der Waals surface area contributed by atoms with Gasteiger partial charge in [-0.05, 0) is 50.1 Å². The van der Waals surface area contributed by atoms with Gasteiger partial charge in [0.25, 0.3) is 0 Å². The van der Waals surface area contributed by atoms with E-state index in [0.717, 1.165) is 5.56 Å². The Morgan fingerprint density at radius 3 is 2.65 bits per heavy atom. The quantitative estimate of drug-likeness (QED) is 0.876. The second kappa shape index (κ2) is 7.28. The summed E-state index contributed by atoms with van der Waals surface area (Å²) in [5.41, 5.74) is 0.478. The predicted molar refractivity (Wildman–Crippen MR) is 79.9 cm³/mol. The molecule has 1 rings (SSSR count). The molecule has 2 N–H and O–H groups in total. The number of hydrogen-bond donors (Lipinski definition) is 2. The molecule has 6 heteroatoms. The van der Waals surface area contributed by atoms with Crippen molar-refractivity contribution in [3.8, 4) is 0 Å². The van der Waals surface area contributed by atoms with Crippen LogP contribution in [0.15, 0.2) is 16.8 Å². The zero-order valence-electron chi connectivity index (χ0n) is 12.4. The number of nitrogens with one attached hydrogen (secondary N) is 2. The van der Waals surface area contributed by atoms with Gasteiger partial charge in [-0.25, -0.2) is 4.79 Å². The molecule has 112 valence electrons. The third-order valence-electron chi connectivity index (χ3n) is 2.31. The van der Waals surface area contributed by atoms with Crippen molar-refractivity contribution in [1.82, 2.24) is 10.6 Å². The van der Waals surface area contributed by atoms with E-state index in [0.29, 0.717) is 13.0 Å². The van der Waals surface area contributed by atoms with E-state index in [4.69, 9.17) is 4.74 Å². The van der Waals surface area contributed by atoms with Crippen molar-refractivity contribution in [3.63, 3.8) is 0 Å². The van der Waals surface area contributed by atoms with Gasteiger partial charge in [-0.1, -0.05) is 0 Å². The van der Waals surface area contributed by atoms with Crippen LogP contribution in [-0.4, -0.2) is 30.2 Å². The molecule has 2 amide bonds. The molecule has 0 aliphatic rings. The van der Waals surface area contributed by atoms with E-state index >= 15 is 0 Å². The van der Waals surface area contributed by atoms with Crippen molar-refractivity contribution in [2.24, 2.45) is 0 Å². The average Bonchev–Trinajstić information content (AvgIpc) is 2.76. The fourth-order valence-electron chi connectivity index (χ4n) is 1.47. The standard InChI is InChI=1S/C14H22N2O3S/c1-10(16-13(18)19-14(2,3)4)8-15-12(17)7-11-5-6-20-9-11/h5-6,9-10H,7-8H2,1-4H3,(H,15,17)(H,16,18). The summed E-state index contributed by atoms with van der Waals surface area (Å²) in [5, 5.41) is 9.35. The van der Waals surface area contributed by atoms with Crippen molar-refractivity contribution in [3.05, 3.63) is 22.4 Å². The lowest BCUT2D eigenvalue weighted by Crippen LogP contribution is -2.44. The molecule has 1 atom stereocenters. The van der Waals surface area contributed by atoms with Gasteiger partial charge in [-0.2, -0.15) is 11.3 Å². The Balaban J connectivity index is 2.24. The summed E-state index contributed by atoms with van der Waals surface area (Å²) in [6, 6.07) is 1.74. The minimum Gasteiger partial charge on any atom is -0.444 e. The third-order valence-corrected chi connectivity index (χ3v) is 3.05. The second-order valence-corrected chi connectivity index (χ2v) is 6.44. The number of thiophene rings is 1. The highest BCUT2D eigenvalue weighted by Crippen LogP contribution is 2.07. The van der Waals surface area contributed by atoms with Crippen LogP contribution in [0.25, 0.3) is 0 Å². The molecule has 0 aliphatic heterocycles. The molecule has 0 saturated heterocycles.